The largest absolute Gasteiger partial charge is 0.341 e. The molecular formula is C19H24ClN5O2S. The van der Waals surface area contributed by atoms with Crippen molar-refractivity contribution in [1.29, 1.82) is 0 Å². The lowest BCUT2D eigenvalue weighted by Gasteiger charge is -2.26. The predicted octanol–water partition coefficient (Wildman–Crippen LogP) is 1.85. The van der Waals surface area contributed by atoms with Gasteiger partial charge >= 0.3 is 0 Å². The number of H-pyrrole nitrogens is 1. The van der Waals surface area contributed by atoms with Crippen molar-refractivity contribution in [3.05, 3.63) is 46.8 Å². The molecule has 2 aromatic rings. The van der Waals surface area contributed by atoms with Crippen LogP contribution in [-0.4, -0.2) is 58.1 Å². The van der Waals surface area contributed by atoms with Crippen LogP contribution in [0.25, 0.3) is 0 Å². The van der Waals surface area contributed by atoms with Crippen LogP contribution in [0.2, 0.25) is 0 Å². The summed E-state index contributed by atoms with van der Waals surface area (Å²) in [5.74, 6) is 1.99. The number of carbonyl (C=O) groups excluding carboxylic acids is 2. The topological polar surface area (TPSA) is 90.1 Å². The summed E-state index contributed by atoms with van der Waals surface area (Å²) < 4.78 is 0. The highest BCUT2D eigenvalue weighted by atomic mass is 35.5. The van der Waals surface area contributed by atoms with Crippen molar-refractivity contribution in [2.45, 2.75) is 19.4 Å². The molecule has 9 heteroatoms. The van der Waals surface area contributed by atoms with Gasteiger partial charge in [-0.3, -0.25) is 14.7 Å². The van der Waals surface area contributed by atoms with Gasteiger partial charge in [-0.2, -0.15) is 16.9 Å². The zero-order valence-electron chi connectivity index (χ0n) is 15.5. The van der Waals surface area contributed by atoms with E-state index in [1.165, 1.54) is 0 Å². The lowest BCUT2D eigenvalue weighted by molar-refractivity contribution is -0.130. The van der Waals surface area contributed by atoms with Gasteiger partial charge in [-0.1, -0.05) is 12.1 Å². The lowest BCUT2D eigenvalue weighted by Crippen LogP contribution is -2.38. The maximum Gasteiger partial charge on any atom is 0.276 e. The Labute approximate surface area is 174 Å². The number of anilines is 1. The summed E-state index contributed by atoms with van der Waals surface area (Å²) in [4.78, 5) is 26.8. The monoisotopic (exact) mass is 421 g/mol. The molecule has 1 saturated heterocycles. The number of aromatic nitrogens is 2. The summed E-state index contributed by atoms with van der Waals surface area (Å²) >= 11 is 1.89. The number of aromatic amines is 1. The Balaban J connectivity index is 0.00000225. The molecule has 1 aromatic heterocycles. The first-order valence-electron chi connectivity index (χ1n) is 9.23. The second kappa shape index (κ2) is 9.45. The number of benzene rings is 1. The van der Waals surface area contributed by atoms with Crippen LogP contribution in [0.15, 0.2) is 24.3 Å². The number of nitrogens with zero attached hydrogens (tertiary/aromatic N) is 2. The van der Waals surface area contributed by atoms with Crippen molar-refractivity contribution in [3.63, 3.8) is 0 Å². The minimum atomic E-state index is -0.217. The van der Waals surface area contributed by atoms with Crippen LogP contribution in [0.3, 0.4) is 0 Å². The SMILES string of the molecule is Cl.O=C(Nc1ccc(CC(=O)N2CCSCC2)cc1)c1n[nH]c2c1CNCC2. The molecule has 0 aliphatic carbocycles. The van der Waals surface area contributed by atoms with Gasteiger partial charge in [0.15, 0.2) is 5.69 Å². The van der Waals surface area contributed by atoms with Gasteiger partial charge in [-0.15, -0.1) is 12.4 Å². The standard InChI is InChI=1S/C19H23N5O2S.ClH/c25-17(24-7-9-27-10-8-24)11-13-1-3-14(4-2-13)21-19(26)18-15-12-20-6-5-16(15)22-23-18;/h1-4,20H,5-12H2,(H,21,26)(H,22,23);1H. The Morgan fingerprint density at radius 3 is 2.68 bits per heavy atom. The van der Waals surface area contributed by atoms with Gasteiger partial charge in [-0.05, 0) is 17.7 Å². The van der Waals surface area contributed by atoms with E-state index >= 15 is 0 Å². The second-order valence-electron chi connectivity index (χ2n) is 6.78. The molecule has 1 aromatic carbocycles. The van der Waals surface area contributed by atoms with Crippen LogP contribution >= 0.6 is 24.2 Å². The number of hydrogen-bond donors (Lipinski definition) is 3. The number of rotatable bonds is 4. The molecule has 0 radical (unpaired) electrons. The highest BCUT2D eigenvalue weighted by Crippen LogP contribution is 2.18. The first kappa shape index (κ1) is 20.7. The number of halogens is 1. The van der Waals surface area contributed by atoms with E-state index in [0.717, 1.165) is 54.4 Å². The van der Waals surface area contributed by atoms with Gasteiger partial charge in [0.2, 0.25) is 5.91 Å². The number of hydrogen-bond acceptors (Lipinski definition) is 5. The van der Waals surface area contributed by atoms with Crippen molar-refractivity contribution in [2.75, 3.05) is 36.5 Å². The molecule has 4 rings (SSSR count). The van der Waals surface area contributed by atoms with E-state index in [4.69, 9.17) is 0 Å². The molecule has 1 fully saturated rings. The van der Waals surface area contributed by atoms with Crippen molar-refractivity contribution in [1.82, 2.24) is 20.4 Å². The van der Waals surface area contributed by atoms with Gasteiger partial charge in [-0.25, -0.2) is 0 Å². The molecule has 0 spiro atoms. The number of fused-ring (bicyclic) bond motifs is 1. The molecule has 0 bridgehead atoms. The summed E-state index contributed by atoms with van der Waals surface area (Å²) in [5, 5.41) is 13.3. The summed E-state index contributed by atoms with van der Waals surface area (Å²) in [5.41, 5.74) is 4.08. The van der Waals surface area contributed by atoms with Crippen LogP contribution in [0.5, 0.6) is 0 Å². The molecule has 150 valence electrons. The molecule has 0 atom stereocenters. The summed E-state index contributed by atoms with van der Waals surface area (Å²) in [6, 6.07) is 7.47. The van der Waals surface area contributed by atoms with Crippen molar-refractivity contribution >= 4 is 41.7 Å². The summed E-state index contributed by atoms with van der Waals surface area (Å²) in [7, 11) is 0. The maximum atomic E-state index is 12.5. The fourth-order valence-corrected chi connectivity index (χ4v) is 4.31. The molecule has 2 amide bonds. The van der Waals surface area contributed by atoms with E-state index in [1.807, 2.05) is 40.9 Å². The number of carbonyl (C=O) groups is 2. The van der Waals surface area contributed by atoms with Crippen LogP contribution < -0.4 is 10.6 Å². The number of thioether (sulfide) groups is 1. The lowest BCUT2D eigenvalue weighted by atomic mass is 10.1. The van der Waals surface area contributed by atoms with Gasteiger partial charge in [0, 0.05) is 61.1 Å². The Morgan fingerprint density at radius 2 is 1.93 bits per heavy atom. The highest BCUT2D eigenvalue weighted by Gasteiger charge is 2.21. The quantitative estimate of drug-likeness (QED) is 0.701. The second-order valence-corrected chi connectivity index (χ2v) is 8.00. The van der Waals surface area contributed by atoms with Gasteiger partial charge in [0.25, 0.3) is 5.91 Å². The average molecular weight is 422 g/mol. The molecule has 2 aliphatic rings. The molecule has 7 nitrogen and oxygen atoms in total. The molecular weight excluding hydrogens is 398 g/mol. The number of amides is 2. The average Bonchev–Trinajstić information content (AvgIpc) is 3.14. The first-order chi connectivity index (χ1) is 13.2. The molecule has 28 heavy (non-hydrogen) atoms. The molecule has 2 aliphatic heterocycles. The summed E-state index contributed by atoms with van der Waals surface area (Å²) in [6.45, 7) is 3.22. The van der Waals surface area contributed by atoms with Crippen LogP contribution in [0.1, 0.15) is 27.3 Å². The van der Waals surface area contributed by atoms with Gasteiger partial charge < -0.3 is 15.5 Å². The zero-order valence-corrected chi connectivity index (χ0v) is 17.1. The normalized spacial score (nSPS) is 16.1. The minimum Gasteiger partial charge on any atom is -0.341 e. The van der Waals surface area contributed by atoms with E-state index in [0.29, 0.717) is 24.3 Å². The van der Waals surface area contributed by atoms with E-state index in [9.17, 15) is 9.59 Å². The molecule has 3 heterocycles. The van der Waals surface area contributed by atoms with Crippen molar-refractivity contribution in [2.24, 2.45) is 0 Å². The van der Waals surface area contributed by atoms with Crippen LogP contribution in [0, 0.1) is 0 Å². The third-order valence-corrected chi connectivity index (χ3v) is 5.89. The van der Waals surface area contributed by atoms with Crippen molar-refractivity contribution < 1.29 is 9.59 Å². The highest BCUT2D eigenvalue weighted by molar-refractivity contribution is 7.99. The van der Waals surface area contributed by atoms with Gasteiger partial charge in [0.1, 0.15) is 0 Å². The third kappa shape index (κ3) is 4.68. The fourth-order valence-electron chi connectivity index (χ4n) is 3.41. The van der Waals surface area contributed by atoms with E-state index in [2.05, 4.69) is 20.8 Å². The molecule has 0 saturated carbocycles. The van der Waals surface area contributed by atoms with E-state index in [-0.39, 0.29) is 24.2 Å². The Kier molecular flexibility index (Phi) is 6.98. The van der Waals surface area contributed by atoms with E-state index in [1.54, 1.807) is 0 Å². The first-order valence-corrected chi connectivity index (χ1v) is 10.4. The summed E-state index contributed by atoms with van der Waals surface area (Å²) in [6.07, 6.45) is 1.26. The third-order valence-electron chi connectivity index (χ3n) is 4.95. The van der Waals surface area contributed by atoms with Crippen LogP contribution in [-0.2, 0) is 24.2 Å². The molecule has 3 N–H and O–H groups in total. The minimum absolute atomic E-state index is 0. The van der Waals surface area contributed by atoms with Crippen molar-refractivity contribution in [3.8, 4) is 0 Å². The fraction of sp³-hybridized carbons (Fsp3) is 0.421. The molecule has 0 unspecified atom stereocenters. The Bertz CT molecular complexity index is 833. The van der Waals surface area contributed by atoms with Crippen LogP contribution in [0.4, 0.5) is 5.69 Å². The number of nitrogens with one attached hydrogen (secondary N) is 3. The smallest absolute Gasteiger partial charge is 0.276 e. The Hall–Kier alpha value is -2.03. The zero-order chi connectivity index (χ0) is 18.6. The maximum absolute atomic E-state index is 12.5. The Morgan fingerprint density at radius 1 is 1.18 bits per heavy atom. The predicted molar refractivity (Wildman–Crippen MR) is 113 cm³/mol. The van der Waals surface area contributed by atoms with Gasteiger partial charge in [0.05, 0.1) is 6.42 Å². The van der Waals surface area contributed by atoms with E-state index < -0.39 is 0 Å².